The lowest BCUT2D eigenvalue weighted by atomic mass is 10.0. The zero-order valence-corrected chi connectivity index (χ0v) is 16.6. The van der Waals surface area contributed by atoms with E-state index in [1.807, 2.05) is 0 Å². The van der Waals surface area contributed by atoms with Crippen LogP contribution in [0.3, 0.4) is 0 Å². The molecule has 1 N–H and O–H groups in total. The molecule has 0 aromatic heterocycles. The molecule has 0 aliphatic rings. The highest BCUT2D eigenvalue weighted by atomic mass is 35.5. The first-order valence-electron chi connectivity index (χ1n) is 9.52. The molecule has 2 nitrogen and oxygen atoms in total. The van der Waals surface area contributed by atoms with Gasteiger partial charge in [0, 0.05) is 6.42 Å². The smallest absolute Gasteiger partial charge is 0.303 e. The Morgan fingerprint density at radius 2 is 0.913 bits per heavy atom. The van der Waals surface area contributed by atoms with Crippen molar-refractivity contribution in [2.45, 2.75) is 110 Å². The van der Waals surface area contributed by atoms with E-state index in [-0.39, 0.29) is 5.34 Å². The summed E-state index contributed by atoms with van der Waals surface area (Å²) in [7, 11) is 0. The molecule has 0 saturated carbocycles. The topological polar surface area (TPSA) is 37.3 Å². The van der Waals surface area contributed by atoms with Crippen LogP contribution >= 0.6 is 23.2 Å². The number of alkyl halides is 2. The van der Waals surface area contributed by atoms with Crippen molar-refractivity contribution in [1.29, 1.82) is 0 Å². The number of hydrogen-bond acceptors (Lipinski definition) is 1. The van der Waals surface area contributed by atoms with Crippen molar-refractivity contribution in [2.75, 3.05) is 5.34 Å². The van der Waals surface area contributed by atoms with Gasteiger partial charge in [0.1, 0.15) is 0 Å². The van der Waals surface area contributed by atoms with Gasteiger partial charge in [0.05, 0.1) is 5.34 Å². The normalized spacial score (nSPS) is 10.2. The summed E-state index contributed by atoms with van der Waals surface area (Å²) in [4.78, 5) is 10.3. The fraction of sp³-hybridized carbons (Fsp3) is 0.947. The molecule has 0 radical (unpaired) electrons. The molecule has 140 valence electrons. The number of hydrogen-bond donors (Lipinski definition) is 1. The van der Waals surface area contributed by atoms with E-state index in [1.165, 1.54) is 83.5 Å². The van der Waals surface area contributed by atoms with Crippen molar-refractivity contribution >= 4 is 29.2 Å². The molecule has 0 aromatic rings. The molecule has 0 rings (SSSR count). The van der Waals surface area contributed by atoms with Crippen LogP contribution in [0.25, 0.3) is 0 Å². The van der Waals surface area contributed by atoms with E-state index >= 15 is 0 Å². The first-order chi connectivity index (χ1) is 11.2. The van der Waals surface area contributed by atoms with Crippen LogP contribution < -0.4 is 0 Å². The standard InChI is InChI=1S/C18H36O2.CH2Cl2/c1-2-3-4-5-6-7-8-9-10-11-12-13-14-15-16-17-18(19)20;2-1-3/h2-17H2,1H3,(H,19,20);1H2. The maximum absolute atomic E-state index is 10.3. The number of halogens is 2. The highest BCUT2D eigenvalue weighted by Gasteiger charge is 1.97. The number of rotatable bonds is 16. The summed E-state index contributed by atoms with van der Waals surface area (Å²) in [6.07, 6.45) is 20.2. The Bertz CT molecular complexity index is 223. The van der Waals surface area contributed by atoms with Gasteiger partial charge in [0.2, 0.25) is 0 Å². The zero-order chi connectivity index (χ0) is 17.6. The highest BCUT2D eigenvalue weighted by Crippen LogP contribution is 2.13. The van der Waals surface area contributed by atoms with Gasteiger partial charge in [-0.2, -0.15) is 0 Å². The van der Waals surface area contributed by atoms with E-state index in [1.54, 1.807) is 0 Å². The van der Waals surface area contributed by atoms with E-state index in [0.29, 0.717) is 6.42 Å². The number of unbranched alkanes of at least 4 members (excludes halogenated alkanes) is 14. The van der Waals surface area contributed by atoms with Crippen LogP contribution in [-0.4, -0.2) is 16.4 Å². The number of carbonyl (C=O) groups is 1. The van der Waals surface area contributed by atoms with E-state index in [2.05, 4.69) is 6.92 Å². The maximum Gasteiger partial charge on any atom is 0.303 e. The van der Waals surface area contributed by atoms with E-state index in [4.69, 9.17) is 28.3 Å². The summed E-state index contributed by atoms with van der Waals surface area (Å²) in [5.41, 5.74) is 0. The van der Waals surface area contributed by atoms with E-state index in [9.17, 15) is 4.79 Å². The van der Waals surface area contributed by atoms with Gasteiger partial charge in [0.25, 0.3) is 0 Å². The second-order valence-electron chi connectivity index (χ2n) is 6.19. The van der Waals surface area contributed by atoms with Gasteiger partial charge in [-0.3, -0.25) is 4.79 Å². The van der Waals surface area contributed by atoms with Gasteiger partial charge in [-0.15, -0.1) is 23.2 Å². The van der Waals surface area contributed by atoms with Gasteiger partial charge in [-0.1, -0.05) is 96.8 Å². The van der Waals surface area contributed by atoms with Crippen LogP contribution in [0, 0.1) is 0 Å². The van der Waals surface area contributed by atoms with E-state index in [0.717, 1.165) is 12.8 Å². The predicted octanol–water partition coefficient (Wildman–Crippen LogP) is 7.75. The summed E-state index contributed by atoms with van der Waals surface area (Å²) in [6, 6.07) is 0. The lowest BCUT2D eigenvalue weighted by Crippen LogP contribution is -1.93. The lowest BCUT2D eigenvalue weighted by molar-refractivity contribution is -0.137. The predicted molar refractivity (Wildman–Crippen MR) is 104 cm³/mol. The molecule has 0 saturated heterocycles. The average Bonchev–Trinajstić information content (AvgIpc) is 2.51. The Morgan fingerprint density at radius 1 is 0.652 bits per heavy atom. The minimum absolute atomic E-state index is 0.194. The van der Waals surface area contributed by atoms with E-state index < -0.39 is 5.97 Å². The zero-order valence-electron chi connectivity index (χ0n) is 15.1. The van der Waals surface area contributed by atoms with Crippen LogP contribution in [0.15, 0.2) is 0 Å². The van der Waals surface area contributed by atoms with Gasteiger partial charge in [-0.05, 0) is 6.42 Å². The Kier molecular flexibility index (Phi) is 26.7. The Hall–Kier alpha value is 0.0500. The van der Waals surface area contributed by atoms with Crippen LogP contribution in [0.5, 0.6) is 0 Å². The van der Waals surface area contributed by atoms with Crippen LogP contribution in [-0.2, 0) is 4.79 Å². The van der Waals surface area contributed by atoms with Gasteiger partial charge in [-0.25, -0.2) is 0 Å². The van der Waals surface area contributed by atoms with Crippen molar-refractivity contribution in [3.63, 3.8) is 0 Å². The minimum atomic E-state index is -0.653. The average molecular weight is 369 g/mol. The summed E-state index contributed by atoms with van der Waals surface area (Å²) in [5, 5.41) is 8.71. The van der Waals surface area contributed by atoms with Gasteiger partial charge in [0.15, 0.2) is 0 Å². The molecule has 0 amide bonds. The Balaban J connectivity index is 0. The first-order valence-corrected chi connectivity index (χ1v) is 10.6. The van der Waals surface area contributed by atoms with Gasteiger partial charge >= 0.3 is 5.97 Å². The van der Waals surface area contributed by atoms with Crippen LogP contribution in [0.4, 0.5) is 0 Å². The van der Waals surface area contributed by atoms with Gasteiger partial charge < -0.3 is 5.11 Å². The first kappa shape index (κ1) is 25.3. The van der Waals surface area contributed by atoms with Crippen LogP contribution in [0.2, 0.25) is 0 Å². The minimum Gasteiger partial charge on any atom is -0.481 e. The van der Waals surface area contributed by atoms with Crippen molar-refractivity contribution in [2.24, 2.45) is 0 Å². The number of aliphatic carboxylic acids is 1. The molecule has 0 spiro atoms. The molecular weight excluding hydrogens is 331 g/mol. The Labute approximate surface area is 154 Å². The molecule has 23 heavy (non-hydrogen) atoms. The molecular formula is C19H38Cl2O2. The molecule has 0 bridgehead atoms. The molecule has 0 unspecified atom stereocenters. The third kappa shape index (κ3) is 30.5. The fourth-order valence-electron chi connectivity index (χ4n) is 2.65. The third-order valence-electron chi connectivity index (χ3n) is 3.99. The molecule has 0 aliphatic heterocycles. The Morgan fingerprint density at radius 3 is 1.17 bits per heavy atom. The SMILES string of the molecule is CCCCCCCCCCCCCCCCCC(=O)O.ClCCl. The van der Waals surface area contributed by atoms with Crippen molar-refractivity contribution in [1.82, 2.24) is 0 Å². The quantitative estimate of drug-likeness (QED) is 0.223. The molecule has 4 heteroatoms. The monoisotopic (exact) mass is 368 g/mol. The van der Waals surface area contributed by atoms with Crippen molar-refractivity contribution in [3.05, 3.63) is 0 Å². The molecule has 0 fully saturated rings. The van der Waals surface area contributed by atoms with Crippen molar-refractivity contribution < 1.29 is 9.90 Å². The molecule has 0 atom stereocenters. The molecule has 0 heterocycles. The number of carboxylic acid groups (broad SMARTS) is 1. The second kappa shape index (κ2) is 24.3. The maximum atomic E-state index is 10.3. The largest absolute Gasteiger partial charge is 0.481 e. The number of carboxylic acids is 1. The molecule has 0 aromatic carbocycles. The van der Waals surface area contributed by atoms with Crippen molar-refractivity contribution in [3.8, 4) is 0 Å². The summed E-state index contributed by atoms with van der Waals surface area (Å²) in [6.45, 7) is 2.27. The highest BCUT2D eigenvalue weighted by molar-refractivity contribution is 6.40. The lowest BCUT2D eigenvalue weighted by Gasteiger charge is -2.03. The third-order valence-corrected chi connectivity index (χ3v) is 3.99. The summed E-state index contributed by atoms with van der Waals surface area (Å²) < 4.78 is 0. The second-order valence-corrected chi connectivity index (χ2v) is 7.00. The summed E-state index contributed by atoms with van der Waals surface area (Å²) in [5.74, 6) is -0.653. The fourth-order valence-corrected chi connectivity index (χ4v) is 2.65. The molecule has 0 aliphatic carbocycles. The van der Waals surface area contributed by atoms with Crippen LogP contribution in [0.1, 0.15) is 110 Å². The summed E-state index contributed by atoms with van der Waals surface area (Å²) >= 11 is 9.53.